The summed E-state index contributed by atoms with van der Waals surface area (Å²) in [7, 11) is -3.64. The molecule has 0 fully saturated rings. The van der Waals surface area contributed by atoms with Gasteiger partial charge < -0.3 is 5.32 Å². The molecule has 3 rings (SSSR count). The van der Waals surface area contributed by atoms with E-state index in [1.807, 2.05) is 30.3 Å². The zero-order valence-corrected chi connectivity index (χ0v) is 15.4. The molecular weight excluding hydrogens is 370 g/mol. The molecule has 1 heterocycles. The lowest BCUT2D eigenvalue weighted by Crippen LogP contribution is -2.27. The minimum atomic E-state index is -3.64. The fraction of sp³-hybridized carbons (Fsp3) is 0.111. The lowest BCUT2D eigenvalue weighted by atomic mass is 10.2. The maximum Gasteiger partial charge on any atom is 0.257 e. The van der Waals surface area contributed by atoms with Crippen molar-refractivity contribution in [2.75, 3.05) is 17.0 Å². The van der Waals surface area contributed by atoms with Crippen LogP contribution in [0.15, 0.2) is 65.0 Å². The van der Waals surface area contributed by atoms with E-state index in [0.717, 1.165) is 16.7 Å². The summed E-state index contributed by atoms with van der Waals surface area (Å²) in [5.41, 5.74) is 1.60. The number of amidine groups is 1. The van der Waals surface area contributed by atoms with Gasteiger partial charge in [0, 0.05) is 17.0 Å². The summed E-state index contributed by atoms with van der Waals surface area (Å²) < 4.78 is 26.7. The minimum absolute atomic E-state index is 0.267. The van der Waals surface area contributed by atoms with Crippen molar-refractivity contribution in [1.29, 1.82) is 0 Å². The summed E-state index contributed by atoms with van der Waals surface area (Å²) in [6.07, 6.45) is 1.52. The first-order valence-electron chi connectivity index (χ1n) is 7.86. The largest absolute Gasteiger partial charge is 0.301 e. The van der Waals surface area contributed by atoms with Crippen molar-refractivity contribution < 1.29 is 13.2 Å². The van der Waals surface area contributed by atoms with Crippen LogP contribution in [0, 0.1) is 0 Å². The number of benzene rings is 2. The van der Waals surface area contributed by atoms with Crippen molar-refractivity contribution in [3.63, 3.8) is 0 Å². The summed E-state index contributed by atoms with van der Waals surface area (Å²) in [6, 6.07) is 15.4. The van der Waals surface area contributed by atoms with Crippen molar-refractivity contribution in [1.82, 2.24) is 5.32 Å². The van der Waals surface area contributed by atoms with Crippen LogP contribution in [0.3, 0.4) is 0 Å². The number of nitrogens with one attached hydrogen (secondary N) is 2. The van der Waals surface area contributed by atoms with Gasteiger partial charge in [0.25, 0.3) is 15.9 Å². The van der Waals surface area contributed by atoms with Crippen LogP contribution in [0.5, 0.6) is 0 Å². The molecule has 0 atom stereocenters. The second-order valence-corrected chi connectivity index (χ2v) is 8.08. The zero-order valence-electron chi connectivity index (χ0n) is 13.8. The fourth-order valence-corrected chi connectivity index (χ4v) is 3.79. The lowest BCUT2D eigenvalue weighted by molar-refractivity contribution is 0.0978. The van der Waals surface area contributed by atoms with Gasteiger partial charge in [0.05, 0.1) is 12.0 Å². The van der Waals surface area contributed by atoms with Crippen molar-refractivity contribution in [3.05, 3.63) is 71.1 Å². The fourth-order valence-electron chi connectivity index (χ4n) is 2.20. The molecule has 1 aliphatic rings. The monoisotopic (exact) mass is 387 g/mol. The Morgan fingerprint density at radius 2 is 1.81 bits per heavy atom. The maximum absolute atomic E-state index is 12.1. The molecular formula is C18H17N3O3S2. The summed E-state index contributed by atoms with van der Waals surface area (Å²) in [5.74, 6) is 0.601. The summed E-state index contributed by atoms with van der Waals surface area (Å²) in [6.45, 7) is 0.706. The summed E-state index contributed by atoms with van der Waals surface area (Å²) in [4.78, 5) is 16.3. The van der Waals surface area contributed by atoms with Crippen LogP contribution in [0.1, 0.15) is 15.9 Å². The number of anilines is 1. The second kappa shape index (κ2) is 8.20. The molecule has 0 unspecified atom stereocenters. The van der Waals surface area contributed by atoms with Crippen LogP contribution in [0.25, 0.3) is 6.08 Å². The molecule has 2 aromatic carbocycles. The summed E-state index contributed by atoms with van der Waals surface area (Å²) in [5, 5.41) is 4.45. The van der Waals surface area contributed by atoms with E-state index in [9.17, 15) is 13.2 Å². The topological polar surface area (TPSA) is 87.6 Å². The SMILES string of the molecule is O=C(NC1=NCCS1)c1ccc(NS(=O)(=O)C=Cc2ccccc2)cc1. The van der Waals surface area contributed by atoms with Gasteiger partial charge in [0.1, 0.15) is 0 Å². The quantitative estimate of drug-likeness (QED) is 0.826. The highest BCUT2D eigenvalue weighted by Crippen LogP contribution is 2.14. The number of nitrogens with zero attached hydrogens (tertiary/aromatic N) is 1. The van der Waals surface area contributed by atoms with Gasteiger partial charge in [-0.05, 0) is 35.9 Å². The van der Waals surface area contributed by atoms with Crippen LogP contribution in [0.2, 0.25) is 0 Å². The molecule has 0 bridgehead atoms. The first kappa shape index (κ1) is 18.2. The number of sulfonamides is 1. The molecule has 2 N–H and O–H groups in total. The number of aliphatic imine (C=N–C) groups is 1. The highest BCUT2D eigenvalue weighted by atomic mass is 32.2. The van der Waals surface area contributed by atoms with E-state index in [0.29, 0.717) is 23.0 Å². The van der Waals surface area contributed by atoms with Gasteiger partial charge in [-0.3, -0.25) is 14.5 Å². The molecule has 8 heteroatoms. The highest BCUT2D eigenvalue weighted by Gasteiger charge is 2.13. The third-order valence-corrected chi connectivity index (χ3v) is 5.36. The lowest BCUT2D eigenvalue weighted by Gasteiger charge is -2.07. The number of thioether (sulfide) groups is 1. The van der Waals surface area contributed by atoms with Gasteiger partial charge in [-0.2, -0.15) is 0 Å². The number of hydrogen-bond acceptors (Lipinski definition) is 5. The van der Waals surface area contributed by atoms with E-state index in [2.05, 4.69) is 15.0 Å². The predicted octanol–water partition coefficient (Wildman–Crippen LogP) is 2.93. The Labute approximate surface area is 156 Å². The molecule has 2 aromatic rings. The van der Waals surface area contributed by atoms with Crippen LogP contribution in [0.4, 0.5) is 5.69 Å². The van der Waals surface area contributed by atoms with E-state index >= 15 is 0 Å². The Bertz CT molecular complexity index is 937. The van der Waals surface area contributed by atoms with Crippen LogP contribution in [-0.2, 0) is 10.0 Å². The predicted molar refractivity (Wildman–Crippen MR) is 107 cm³/mol. The molecule has 0 aromatic heterocycles. The van der Waals surface area contributed by atoms with E-state index in [1.54, 1.807) is 24.3 Å². The number of carbonyl (C=O) groups is 1. The highest BCUT2D eigenvalue weighted by molar-refractivity contribution is 8.14. The van der Waals surface area contributed by atoms with Crippen molar-refractivity contribution in [2.24, 2.45) is 4.99 Å². The van der Waals surface area contributed by atoms with Gasteiger partial charge in [0.15, 0.2) is 5.17 Å². The Morgan fingerprint density at radius 3 is 2.46 bits per heavy atom. The maximum atomic E-state index is 12.1. The molecule has 0 saturated carbocycles. The third-order valence-electron chi connectivity index (χ3n) is 3.45. The van der Waals surface area contributed by atoms with Gasteiger partial charge in [-0.25, -0.2) is 8.42 Å². The van der Waals surface area contributed by atoms with Crippen molar-refractivity contribution in [3.8, 4) is 0 Å². The smallest absolute Gasteiger partial charge is 0.257 e. The number of hydrogen-bond donors (Lipinski definition) is 2. The number of amides is 1. The van der Waals surface area contributed by atoms with Crippen molar-refractivity contribution >= 4 is 44.6 Å². The Kier molecular flexibility index (Phi) is 5.75. The first-order valence-corrected chi connectivity index (χ1v) is 10.4. The molecule has 1 aliphatic heterocycles. The average molecular weight is 387 g/mol. The molecule has 134 valence electrons. The van der Waals surface area contributed by atoms with Crippen LogP contribution in [-0.4, -0.2) is 31.8 Å². The van der Waals surface area contributed by atoms with E-state index in [1.165, 1.54) is 17.8 Å². The molecule has 0 spiro atoms. The Hall–Kier alpha value is -2.58. The third kappa shape index (κ3) is 5.21. The molecule has 1 amide bonds. The Morgan fingerprint density at radius 1 is 1.08 bits per heavy atom. The van der Waals surface area contributed by atoms with E-state index in [-0.39, 0.29) is 5.91 Å². The van der Waals surface area contributed by atoms with Crippen LogP contribution < -0.4 is 10.0 Å². The van der Waals surface area contributed by atoms with Crippen LogP contribution >= 0.6 is 11.8 Å². The van der Waals surface area contributed by atoms with E-state index in [4.69, 9.17) is 0 Å². The van der Waals surface area contributed by atoms with Gasteiger partial charge >= 0.3 is 0 Å². The zero-order chi connectivity index (χ0) is 18.4. The first-order chi connectivity index (χ1) is 12.5. The number of carbonyl (C=O) groups excluding carboxylic acids is 1. The molecule has 26 heavy (non-hydrogen) atoms. The molecule has 6 nitrogen and oxygen atoms in total. The molecule has 0 saturated heterocycles. The normalized spacial score (nSPS) is 14.2. The molecule has 0 radical (unpaired) electrons. The van der Waals surface area contributed by atoms with Gasteiger partial charge in [-0.1, -0.05) is 42.1 Å². The number of rotatable bonds is 5. The van der Waals surface area contributed by atoms with Gasteiger partial charge in [-0.15, -0.1) is 0 Å². The van der Waals surface area contributed by atoms with Gasteiger partial charge in [0.2, 0.25) is 0 Å². The van der Waals surface area contributed by atoms with Crippen molar-refractivity contribution in [2.45, 2.75) is 0 Å². The summed E-state index contributed by atoms with van der Waals surface area (Å²) >= 11 is 1.50. The van der Waals surface area contributed by atoms with E-state index < -0.39 is 10.0 Å². The standard InChI is InChI=1S/C18H17N3O3S2/c22-17(20-18-19-11-12-25-18)15-6-8-16(9-7-15)21-26(23,24)13-10-14-4-2-1-3-5-14/h1-10,13,21H,11-12H2,(H,19,20,22). The molecule has 0 aliphatic carbocycles. The second-order valence-electron chi connectivity index (χ2n) is 5.43. The minimum Gasteiger partial charge on any atom is -0.301 e. The average Bonchev–Trinajstić information content (AvgIpc) is 3.14. The Balaban J connectivity index is 1.63.